The maximum absolute atomic E-state index is 13.4. The lowest BCUT2D eigenvalue weighted by atomic mass is 10.1. The summed E-state index contributed by atoms with van der Waals surface area (Å²) in [4.78, 5) is 0.162. The third-order valence-electron chi connectivity index (χ3n) is 4.47. The van der Waals surface area contributed by atoms with Crippen LogP contribution in [0.5, 0.6) is 0 Å². The van der Waals surface area contributed by atoms with Crippen LogP contribution in [0.25, 0.3) is 0 Å². The van der Waals surface area contributed by atoms with Crippen LogP contribution in [-0.4, -0.2) is 30.9 Å². The first kappa shape index (κ1) is 16.1. The molecular formula is C17H18FNO3S. The quantitative estimate of drug-likeness (QED) is 0.892. The minimum absolute atomic E-state index is 0.162. The van der Waals surface area contributed by atoms with Crippen LogP contribution < -0.4 is 5.73 Å². The Hall–Kier alpha value is -1.76. The fraction of sp³-hybridized carbons (Fsp3) is 0.294. The smallest absolute Gasteiger partial charge is 0.183 e. The summed E-state index contributed by atoms with van der Waals surface area (Å²) in [5, 5.41) is 8.64. The Morgan fingerprint density at radius 2 is 1.87 bits per heavy atom. The van der Waals surface area contributed by atoms with Crippen molar-refractivity contribution >= 4 is 9.84 Å². The monoisotopic (exact) mass is 335 g/mol. The van der Waals surface area contributed by atoms with Crippen molar-refractivity contribution in [2.45, 2.75) is 28.5 Å². The van der Waals surface area contributed by atoms with E-state index in [4.69, 9.17) is 5.73 Å². The number of benzene rings is 2. The number of aliphatic hydroxyl groups is 1. The zero-order chi connectivity index (χ0) is 16.8. The molecule has 0 aliphatic heterocycles. The van der Waals surface area contributed by atoms with Gasteiger partial charge in [0.25, 0.3) is 0 Å². The van der Waals surface area contributed by atoms with Crippen LogP contribution in [0.4, 0.5) is 4.39 Å². The third kappa shape index (κ3) is 2.56. The van der Waals surface area contributed by atoms with Crippen LogP contribution in [0.1, 0.15) is 17.0 Å². The zero-order valence-electron chi connectivity index (χ0n) is 12.6. The lowest BCUT2D eigenvalue weighted by molar-refractivity contribution is 0.253. The second-order valence-electron chi connectivity index (χ2n) is 6.08. The molecule has 3 rings (SSSR count). The molecule has 0 spiro atoms. The Balaban J connectivity index is 2.03. The van der Waals surface area contributed by atoms with E-state index in [9.17, 15) is 17.9 Å². The van der Waals surface area contributed by atoms with Crippen molar-refractivity contribution < 1.29 is 17.9 Å². The van der Waals surface area contributed by atoms with Gasteiger partial charge < -0.3 is 10.8 Å². The first-order valence-electron chi connectivity index (χ1n) is 7.26. The number of nitrogens with two attached hydrogens (primary N) is 1. The predicted molar refractivity (Wildman–Crippen MR) is 85.3 cm³/mol. The minimum Gasteiger partial charge on any atom is -0.394 e. The standard InChI is InChI=1S/C17H18FNO3S/c1-11-5-7-14(8-6-11)23(21,22)16-15(17(16,19)10-20)12-3-2-4-13(18)9-12/h2-9,15-16,20H,10,19H2,1H3/t15-,16+,17+/m0/s1. The summed E-state index contributed by atoms with van der Waals surface area (Å²) < 4.78 is 39.2. The SMILES string of the molecule is Cc1ccc(S(=O)(=O)[C@@H]2[C@H](c3cccc(F)c3)[C@]2(N)CO)cc1. The molecule has 0 bridgehead atoms. The van der Waals surface area contributed by atoms with E-state index in [1.54, 1.807) is 18.2 Å². The molecule has 1 aliphatic rings. The lowest BCUT2D eigenvalue weighted by Crippen LogP contribution is -2.35. The minimum atomic E-state index is -3.72. The van der Waals surface area contributed by atoms with Crippen molar-refractivity contribution in [1.29, 1.82) is 0 Å². The van der Waals surface area contributed by atoms with E-state index in [1.807, 2.05) is 6.92 Å². The molecule has 0 aromatic heterocycles. The van der Waals surface area contributed by atoms with Gasteiger partial charge in [-0.25, -0.2) is 12.8 Å². The second-order valence-corrected chi connectivity index (χ2v) is 8.15. The number of rotatable bonds is 4. The Morgan fingerprint density at radius 3 is 2.43 bits per heavy atom. The maximum atomic E-state index is 13.4. The highest BCUT2D eigenvalue weighted by Gasteiger charge is 2.69. The van der Waals surface area contributed by atoms with Gasteiger partial charge in [0.15, 0.2) is 9.84 Å². The highest BCUT2D eigenvalue weighted by molar-refractivity contribution is 7.92. The van der Waals surface area contributed by atoms with Gasteiger partial charge >= 0.3 is 0 Å². The summed E-state index contributed by atoms with van der Waals surface area (Å²) in [5.41, 5.74) is 6.26. The molecule has 0 unspecified atom stereocenters. The van der Waals surface area contributed by atoms with Gasteiger partial charge in [-0.05, 0) is 36.8 Å². The number of hydrogen-bond acceptors (Lipinski definition) is 4. The van der Waals surface area contributed by atoms with E-state index >= 15 is 0 Å². The van der Waals surface area contributed by atoms with Crippen LogP contribution in [0.15, 0.2) is 53.4 Å². The average Bonchev–Trinajstić information content (AvgIpc) is 3.15. The van der Waals surface area contributed by atoms with Crippen molar-refractivity contribution in [1.82, 2.24) is 0 Å². The fourth-order valence-corrected chi connectivity index (χ4v) is 5.44. The first-order valence-corrected chi connectivity index (χ1v) is 8.81. The Morgan fingerprint density at radius 1 is 1.22 bits per heavy atom. The van der Waals surface area contributed by atoms with E-state index in [0.717, 1.165) is 5.56 Å². The van der Waals surface area contributed by atoms with Crippen LogP contribution in [0.2, 0.25) is 0 Å². The molecule has 122 valence electrons. The molecular weight excluding hydrogens is 317 g/mol. The average molecular weight is 335 g/mol. The molecule has 1 fully saturated rings. The van der Waals surface area contributed by atoms with Crippen LogP contribution >= 0.6 is 0 Å². The summed E-state index contributed by atoms with van der Waals surface area (Å²) in [6.07, 6.45) is 0. The largest absolute Gasteiger partial charge is 0.394 e. The highest BCUT2D eigenvalue weighted by atomic mass is 32.2. The first-order chi connectivity index (χ1) is 10.8. The number of halogens is 1. The van der Waals surface area contributed by atoms with Gasteiger partial charge in [-0.2, -0.15) is 0 Å². The molecule has 3 atom stereocenters. The molecule has 0 radical (unpaired) electrons. The Labute approximate surface area is 134 Å². The maximum Gasteiger partial charge on any atom is 0.183 e. The van der Waals surface area contributed by atoms with Crippen LogP contribution in [0, 0.1) is 12.7 Å². The van der Waals surface area contributed by atoms with E-state index in [1.165, 1.54) is 30.3 Å². The summed E-state index contributed by atoms with van der Waals surface area (Å²) in [6.45, 7) is 1.38. The third-order valence-corrected chi connectivity index (χ3v) is 6.78. The lowest BCUT2D eigenvalue weighted by Gasteiger charge is -2.08. The van der Waals surface area contributed by atoms with E-state index in [2.05, 4.69) is 0 Å². The van der Waals surface area contributed by atoms with Crippen molar-refractivity contribution in [3.05, 3.63) is 65.5 Å². The van der Waals surface area contributed by atoms with Crippen molar-refractivity contribution in [3.8, 4) is 0 Å². The molecule has 4 nitrogen and oxygen atoms in total. The van der Waals surface area contributed by atoms with Gasteiger partial charge in [-0.15, -0.1) is 0 Å². The van der Waals surface area contributed by atoms with E-state index < -0.39 is 39.0 Å². The van der Waals surface area contributed by atoms with Crippen molar-refractivity contribution in [2.24, 2.45) is 5.73 Å². The van der Waals surface area contributed by atoms with Crippen LogP contribution in [0.3, 0.4) is 0 Å². The summed E-state index contributed by atoms with van der Waals surface area (Å²) in [5.74, 6) is -1.09. The molecule has 3 N–H and O–H groups in total. The number of aliphatic hydroxyl groups excluding tert-OH is 1. The Kier molecular flexibility index (Phi) is 3.78. The van der Waals surface area contributed by atoms with Gasteiger partial charge in [0.05, 0.1) is 22.3 Å². The molecule has 6 heteroatoms. The van der Waals surface area contributed by atoms with E-state index in [-0.39, 0.29) is 4.90 Å². The molecule has 2 aromatic rings. The summed E-state index contributed by atoms with van der Waals surface area (Å²) in [6, 6.07) is 12.2. The Bertz CT molecular complexity index is 835. The molecule has 2 aromatic carbocycles. The van der Waals surface area contributed by atoms with E-state index in [0.29, 0.717) is 5.56 Å². The van der Waals surface area contributed by atoms with Gasteiger partial charge in [0.2, 0.25) is 0 Å². The molecule has 0 saturated heterocycles. The summed E-state index contributed by atoms with van der Waals surface area (Å²) >= 11 is 0. The summed E-state index contributed by atoms with van der Waals surface area (Å²) in [7, 11) is -3.72. The number of hydrogen-bond donors (Lipinski definition) is 2. The van der Waals surface area contributed by atoms with Gasteiger partial charge in [0.1, 0.15) is 5.82 Å². The molecule has 0 amide bonds. The normalized spacial score (nSPS) is 27.0. The molecule has 23 heavy (non-hydrogen) atoms. The fourth-order valence-electron chi connectivity index (χ4n) is 3.14. The van der Waals surface area contributed by atoms with Gasteiger partial charge in [-0.1, -0.05) is 29.8 Å². The molecule has 0 heterocycles. The number of sulfone groups is 1. The molecule has 1 aliphatic carbocycles. The van der Waals surface area contributed by atoms with Gasteiger partial charge in [-0.3, -0.25) is 0 Å². The second kappa shape index (κ2) is 5.40. The number of aryl methyl sites for hydroxylation is 1. The predicted octanol–water partition coefficient (Wildman–Crippen LogP) is 1.76. The van der Waals surface area contributed by atoms with Crippen LogP contribution in [-0.2, 0) is 9.84 Å². The molecule has 1 saturated carbocycles. The zero-order valence-corrected chi connectivity index (χ0v) is 13.4. The van der Waals surface area contributed by atoms with Crippen molar-refractivity contribution in [2.75, 3.05) is 6.61 Å². The van der Waals surface area contributed by atoms with Crippen molar-refractivity contribution in [3.63, 3.8) is 0 Å². The highest BCUT2D eigenvalue weighted by Crippen LogP contribution is 2.55. The van der Waals surface area contributed by atoms with Gasteiger partial charge in [0, 0.05) is 5.92 Å². The topological polar surface area (TPSA) is 80.4 Å².